The normalized spacial score (nSPS) is 15.5. The van der Waals surface area contributed by atoms with Gasteiger partial charge in [0.25, 0.3) is 5.91 Å². The highest BCUT2D eigenvalue weighted by Crippen LogP contribution is 2.33. The maximum Gasteiger partial charge on any atom is 0.418 e. The maximum absolute atomic E-state index is 13.1. The smallest absolute Gasteiger partial charge is 0.337 e. The summed E-state index contributed by atoms with van der Waals surface area (Å²) in [6.07, 6.45) is -1.48. The first-order valence-electron chi connectivity index (χ1n) is 8.43. The van der Waals surface area contributed by atoms with Crippen molar-refractivity contribution in [2.45, 2.75) is 19.0 Å². The van der Waals surface area contributed by atoms with E-state index in [9.17, 15) is 18.0 Å². The largest absolute Gasteiger partial charge is 0.418 e. The van der Waals surface area contributed by atoms with Crippen LogP contribution in [0, 0.1) is 5.92 Å². The third-order valence-corrected chi connectivity index (χ3v) is 4.56. The Hall–Kier alpha value is -2.13. The van der Waals surface area contributed by atoms with Crippen LogP contribution in [0.2, 0.25) is 0 Å². The Balaban J connectivity index is 0.00000261. The van der Waals surface area contributed by atoms with E-state index in [4.69, 9.17) is 0 Å². The predicted molar refractivity (Wildman–Crippen MR) is 96.2 cm³/mol. The number of benzene rings is 1. The van der Waals surface area contributed by atoms with Crippen LogP contribution in [0.1, 0.15) is 28.9 Å². The van der Waals surface area contributed by atoms with Crippen molar-refractivity contribution in [1.82, 2.24) is 25.2 Å². The second kappa shape index (κ2) is 8.71. The van der Waals surface area contributed by atoms with Gasteiger partial charge in [-0.1, -0.05) is 17.3 Å². The second-order valence-electron chi connectivity index (χ2n) is 6.36. The molecule has 1 aliphatic heterocycles. The molecule has 148 valence electrons. The van der Waals surface area contributed by atoms with Crippen LogP contribution in [0.25, 0.3) is 5.69 Å². The van der Waals surface area contributed by atoms with Gasteiger partial charge in [0.2, 0.25) is 0 Å². The van der Waals surface area contributed by atoms with E-state index in [0.29, 0.717) is 19.0 Å². The van der Waals surface area contributed by atoms with Gasteiger partial charge in [-0.3, -0.25) is 4.79 Å². The van der Waals surface area contributed by atoms with Crippen LogP contribution >= 0.6 is 12.4 Å². The average molecular weight is 404 g/mol. The molecule has 2 heterocycles. The number of rotatable bonds is 4. The van der Waals surface area contributed by atoms with Crippen molar-refractivity contribution >= 4 is 18.3 Å². The van der Waals surface area contributed by atoms with Crippen molar-refractivity contribution < 1.29 is 18.0 Å². The predicted octanol–water partition coefficient (Wildman–Crippen LogP) is 2.78. The van der Waals surface area contributed by atoms with Gasteiger partial charge in [-0.15, -0.1) is 17.5 Å². The number of nitrogens with one attached hydrogen (secondary N) is 1. The maximum atomic E-state index is 13.1. The molecule has 1 aliphatic rings. The molecule has 0 unspecified atom stereocenters. The van der Waals surface area contributed by atoms with Gasteiger partial charge >= 0.3 is 6.18 Å². The molecule has 0 spiro atoms. The molecule has 0 saturated carbocycles. The number of para-hydroxylation sites is 1. The molecule has 1 fully saturated rings. The van der Waals surface area contributed by atoms with E-state index >= 15 is 0 Å². The van der Waals surface area contributed by atoms with E-state index in [2.05, 4.69) is 15.6 Å². The molecule has 1 amide bonds. The van der Waals surface area contributed by atoms with Crippen LogP contribution in [-0.4, -0.2) is 52.5 Å². The van der Waals surface area contributed by atoms with Crippen molar-refractivity contribution in [3.05, 3.63) is 41.7 Å². The van der Waals surface area contributed by atoms with Gasteiger partial charge in [0.05, 0.1) is 17.4 Å². The zero-order chi connectivity index (χ0) is 18.7. The Labute approximate surface area is 161 Å². The molecule has 1 aromatic carbocycles. The highest BCUT2D eigenvalue weighted by molar-refractivity contribution is 5.92. The van der Waals surface area contributed by atoms with Crippen LogP contribution < -0.4 is 5.32 Å². The fourth-order valence-corrected chi connectivity index (χ4v) is 3.18. The SMILES string of the molecule is CNCC1CCN(C(=O)c2cn(-c3ccccc3C(F)(F)F)nn2)CC1.Cl. The topological polar surface area (TPSA) is 63.1 Å². The first kappa shape index (κ1) is 21.2. The number of aromatic nitrogens is 3. The van der Waals surface area contributed by atoms with Crippen molar-refractivity contribution in [3.63, 3.8) is 0 Å². The fraction of sp³-hybridized carbons (Fsp3) is 0.471. The average Bonchev–Trinajstić information content (AvgIpc) is 3.11. The van der Waals surface area contributed by atoms with Crippen molar-refractivity contribution in [3.8, 4) is 5.69 Å². The molecule has 0 bridgehead atoms. The van der Waals surface area contributed by atoms with E-state index in [1.54, 1.807) is 4.90 Å². The number of likely N-dealkylation sites (tertiary alicyclic amines) is 1. The van der Waals surface area contributed by atoms with Gasteiger partial charge in [0.1, 0.15) is 0 Å². The Bertz CT molecular complexity index is 772. The van der Waals surface area contributed by atoms with Gasteiger partial charge in [0, 0.05) is 13.1 Å². The number of hydrogen-bond donors (Lipinski definition) is 1. The fourth-order valence-electron chi connectivity index (χ4n) is 3.18. The van der Waals surface area contributed by atoms with Crippen molar-refractivity contribution in [2.24, 2.45) is 5.92 Å². The molecule has 2 aromatic rings. The number of carbonyl (C=O) groups excluding carboxylic acids is 1. The first-order valence-corrected chi connectivity index (χ1v) is 8.43. The summed E-state index contributed by atoms with van der Waals surface area (Å²) in [7, 11) is 1.90. The molecular formula is C17H21ClF3N5O. The summed E-state index contributed by atoms with van der Waals surface area (Å²) in [5.41, 5.74) is -0.926. The van der Waals surface area contributed by atoms with Crippen molar-refractivity contribution in [2.75, 3.05) is 26.7 Å². The van der Waals surface area contributed by atoms with E-state index in [1.807, 2.05) is 7.05 Å². The number of carbonyl (C=O) groups is 1. The van der Waals surface area contributed by atoms with Crippen LogP contribution in [0.5, 0.6) is 0 Å². The second-order valence-corrected chi connectivity index (χ2v) is 6.36. The molecule has 1 aromatic heterocycles. The summed E-state index contributed by atoms with van der Waals surface area (Å²) in [5.74, 6) is 0.224. The summed E-state index contributed by atoms with van der Waals surface area (Å²) in [6, 6.07) is 5.07. The van der Waals surface area contributed by atoms with E-state index in [-0.39, 0.29) is 29.7 Å². The molecule has 0 radical (unpaired) electrons. The lowest BCUT2D eigenvalue weighted by Crippen LogP contribution is -2.40. The Morgan fingerprint density at radius 3 is 2.56 bits per heavy atom. The summed E-state index contributed by atoms with van der Waals surface area (Å²) >= 11 is 0. The summed E-state index contributed by atoms with van der Waals surface area (Å²) < 4.78 is 40.4. The zero-order valence-corrected chi connectivity index (χ0v) is 15.6. The summed E-state index contributed by atoms with van der Waals surface area (Å²) in [4.78, 5) is 14.2. The number of halogens is 4. The number of piperidine rings is 1. The van der Waals surface area contributed by atoms with E-state index in [0.717, 1.165) is 30.1 Å². The first-order chi connectivity index (χ1) is 12.4. The molecule has 0 atom stereocenters. The lowest BCUT2D eigenvalue weighted by Gasteiger charge is -2.31. The van der Waals surface area contributed by atoms with E-state index in [1.165, 1.54) is 24.4 Å². The molecule has 0 aliphatic carbocycles. The minimum atomic E-state index is -4.51. The van der Waals surface area contributed by atoms with Crippen LogP contribution in [0.4, 0.5) is 13.2 Å². The minimum absolute atomic E-state index is 0. The summed E-state index contributed by atoms with van der Waals surface area (Å²) in [6.45, 7) is 2.13. The van der Waals surface area contributed by atoms with Gasteiger partial charge in [-0.2, -0.15) is 13.2 Å². The Morgan fingerprint density at radius 1 is 1.26 bits per heavy atom. The highest BCUT2D eigenvalue weighted by Gasteiger charge is 2.34. The van der Waals surface area contributed by atoms with Crippen LogP contribution in [0.15, 0.2) is 30.5 Å². The molecule has 27 heavy (non-hydrogen) atoms. The lowest BCUT2D eigenvalue weighted by molar-refractivity contribution is -0.137. The third-order valence-electron chi connectivity index (χ3n) is 4.56. The number of hydrogen-bond acceptors (Lipinski definition) is 4. The molecule has 6 nitrogen and oxygen atoms in total. The standard InChI is InChI=1S/C17H20F3N5O.ClH/c1-21-10-12-6-8-24(9-7-12)16(26)14-11-25(23-22-14)15-5-3-2-4-13(15)17(18,19)20;/h2-5,11-12,21H,6-10H2,1H3;1H. The highest BCUT2D eigenvalue weighted by atomic mass is 35.5. The molecule has 3 rings (SSSR count). The van der Waals surface area contributed by atoms with Gasteiger partial charge in [-0.05, 0) is 44.5 Å². The van der Waals surface area contributed by atoms with Crippen LogP contribution in [0.3, 0.4) is 0 Å². The van der Waals surface area contributed by atoms with E-state index < -0.39 is 11.7 Å². The number of nitrogens with zero attached hydrogens (tertiary/aromatic N) is 4. The zero-order valence-electron chi connectivity index (χ0n) is 14.7. The van der Waals surface area contributed by atoms with Gasteiger partial charge in [0.15, 0.2) is 5.69 Å². The van der Waals surface area contributed by atoms with Crippen LogP contribution in [-0.2, 0) is 6.18 Å². The number of amides is 1. The molecule has 1 N–H and O–H groups in total. The number of alkyl halides is 3. The minimum Gasteiger partial charge on any atom is -0.337 e. The molecule has 10 heteroatoms. The Kier molecular flexibility index (Phi) is 6.83. The lowest BCUT2D eigenvalue weighted by atomic mass is 9.97. The summed E-state index contributed by atoms with van der Waals surface area (Å²) in [5, 5.41) is 10.6. The molecular weight excluding hydrogens is 383 g/mol. The Morgan fingerprint density at radius 2 is 1.93 bits per heavy atom. The third kappa shape index (κ3) is 4.78. The van der Waals surface area contributed by atoms with Crippen molar-refractivity contribution in [1.29, 1.82) is 0 Å². The molecule has 1 saturated heterocycles. The van der Waals surface area contributed by atoms with Gasteiger partial charge in [-0.25, -0.2) is 4.68 Å². The van der Waals surface area contributed by atoms with Gasteiger partial charge < -0.3 is 10.2 Å². The monoisotopic (exact) mass is 403 g/mol. The quantitative estimate of drug-likeness (QED) is 0.852.